The van der Waals surface area contributed by atoms with Crippen LogP contribution in [-0.4, -0.2) is 0 Å². The first kappa shape index (κ1) is 10.6. The Hall–Kier alpha value is -0.391. The number of rotatable bonds is 0. The molecule has 0 amide bonds. The van der Waals surface area contributed by atoms with Gasteiger partial charge in [0, 0.05) is 20.1 Å². The summed E-state index contributed by atoms with van der Waals surface area (Å²) in [5.41, 5.74) is 0. The van der Waals surface area contributed by atoms with Gasteiger partial charge in [0.05, 0.1) is 0 Å². The van der Waals surface area contributed by atoms with Crippen molar-refractivity contribution in [2.45, 2.75) is 12.8 Å². The maximum absolute atomic E-state index is 2.12. The van der Waals surface area contributed by atoms with Crippen molar-refractivity contribution < 1.29 is 20.1 Å². The van der Waals surface area contributed by atoms with Gasteiger partial charge in [0.1, 0.15) is 0 Å². The zero-order valence-electron chi connectivity index (χ0n) is 6.37. The predicted molar refractivity (Wildman–Crippen MR) is 45.8 cm³/mol. The Morgan fingerprint density at radius 3 is 0.909 bits per heavy atom. The minimum atomic E-state index is 0. The summed E-state index contributed by atoms with van der Waals surface area (Å²) in [6.45, 7) is 0. The summed E-state index contributed by atoms with van der Waals surface area (Å²) in [6, 6.07) is 0. The molecule has 0 N–H and O–H groups in total. The van der Waals surface area contributed by atoms with Gasteiger partial charge in [-0.1, -0.05) is 48.6 Å². The first-order valence-electron chi connectivity index (χ1n) is 3.63. The van der Waals surface area contributed by atoms with E-state index in [4.69, 9.17) is 0 Å². The van der Waals surface area contributed by atoms with Crippen molar-refractivity contribution in [3.63, 3.8) is 0 Å². The van der Waals surface area contributed by atoms with E-state index in [1.54, 1.807) is 0 Å². The summed E-state index contributed by atoms with van der Waals surface area (Å²) >= 11 is 0. The average Bonchev–Trinajstić information content (AvgIpc) is 2.67. The van der Waals surface area contributed by atoms with Crippen molar-refractivity contribution in [3.05, 3.63) is 48.6 Å². The maximum atomic E-state index is 2.12. The molecule has 0 atom stereocenters. The van der Waals surface area contributed by atoms with Crippen molar-refractivity contribution in [1.82, 2.24) is 0 Å². The van der Waals surface area contributed by atoms with E-state index in [1.807, 2.05) is 0 Å². The van der Waals surface area contributed by atoms with Crippen LogP contribution in [0.15, 0.2) is 48.6 Å². The van der Waals surface area contributed by atoms with Crippen LogP contribution >= 0.6 is 0 Å². The van der Waals surface area contributed by atoms with E-state index in [0.717, 1.165) is 12.8 Å². The summed E-state index contributed by atoms with van der Waals surface area (Å²) in [4.78, 5) is 0. The Morgan fingerprint density at radius 1 is 0.545 bits per heavy atom. The number of hydrogen-bond donors (Lipinski definition) is 0. The normalized spacial score (nSPS) is 16.0. The Balaban J connectivity index is 0.000000167. The molecule has 0 unspecified atom stereocenters. The molecule has 0 heterocycles. The molecule has 0 aliphatic heterocycles. The molecule has 0 nitrogen and oxygen atoms in total. The minimum Gasteiger partial charge on any atom is -0.0808 e. The van der Waals surface area contributed by atoms with Crippen LogP contribution in [0.3, 0.4) is 0 Å². The standard InChI is InChI=1S/2C5H6.Ir/c2*1-2-4-5-3-1;/h2*1-4H,5H2;. The van der Waals surface area contributed by atoms with Crippen molar-refractivity contribution in [2.75, 3.05) is 0 Å². The minimum absolute atomic E-state index is 0. The van der Waals surface area contributed by atoms with Crippen molar-refractivity contribution in [3.8, 4) is 0 Å². The van der Waals surface area contributed by atoms with Gasteiger partial charge in [-0.15, -0.1) is 0 Å². The molecule has 1 heteroatoms. The molecule has 2 aliphatic rings. The van der Waals surface area contributed by atoms with E-state index >= 15 is 0 Å². The summed E-state index contributed by atoms with van der Waals surface area (Å²) < 4.78 is 0. The average molecular weight is 324 g/mol. The van der Waals surface area contributed by atoms with E-state index in [-0.39, 0.29) is 20.1 Å². The zero-order valence-corrected chi connectivity index (χ0v) is 8.76. The fourth-order valence-corrected chi connectivity index (χ4v) is 0.786. The number of hydrogen-bond acceptors (Lipinski definition) is 0. The summed E-state index contributed by atoms with van der Waals surface area (Å²) in [5, 5.41) is 0. The van der Waals surface area contributed by atoms with E-state index in [9.17, 15) is 0 Å². The van der Waals surface area contributed by atoms with Crippen molar-refractivity contribution in [1.29, 1.82) is 0 Å². The SMILES string of the molecule is C1=CCC=C1.C1=CCC=C1.[Ir]. The molecule has 61 valence electrons. The molecule has 0 aromatic heterocycles. The topological polar surface area (TPSA) is 0 Å². The van der Waals surface area contributed by atoms with E-state index in [1.165, 1.54) is 0 Å². The van der Waals surface area contributed by atoms with Gasteiger partial charge >= 0.3 is 0 Å². The third kappa shape index (κ3) is 6.03. The molecule has 0 spiro atoms. The zero-order chi connectivity index (χ0) is 7.07. The van der Waals surface area contributed by atoms with Crippen LogP contribution in [0.5, 0.6) is 0 Å². The summed E-state index contributed by atoms with van der Waals surface area (Å²) in [5.74, 6) is 0. The number of allylic oxidation sites excluding steroid dienone is 8. The van der Waals surface area contributed by atoms with E-state index < -0.39 is 0 Å². The Bertz CT molecular complexity index is 143. The van der Waals surface area contributed by atoms with Crippen LogP contribution in [-0.2, 0) is 20.1 Å². The predicted octanol–water partition coefficient (Wildman–Crippen LogP) is 3.00. The summed E-state index contributed by atoms with van der Waals surface area (Å²) in [6.07, 6.45) is 19.0. The largest absolute Gasteiger partial charge is 0.0808 e. The maximum Gasteiger partial charge on any atom is 0 e. The summed E-state index contributed by atoms with van der Waals surface area (Å²) in [7, 11) is 0. The first-order valence-corrected chi connectivity index (χ1v) is 3.63. The van der Waals surface area contributed by atoms with Crippen molar-refractivity contribution in [2.24, 2.45) is 0 Å². The van der Waals surface area contributed by atoms with Crippen LogP contribution in [0.4, 0.5) is 0 Å². The Morgan fingerprint density at radius 2 is 0.818 bits per heavy atom. The van der Waals surface area contributed by atoms with Gasteiger partial charge < -0.3 is 0 Å². The van der Waals surface area contributed by atoms with E-state index in [0.29, 0.717) is 0 Å². The van der Waals surface area contributed by atoms with E-state index in [2.05, 4.69) is 48.6 Å². The first-order chi connectivity index (χ1) is 5.00. The molecular weight excluding hydrogens is 312 g/mol. The van der Waals surface area contributed by atoms with Gasteiger partial charge in [-0.2, -0.15) is 0 Å². The molecule has 11 heavy (non-hydrogen) atoms. The van der Waals surface area contributed by atoms with Gasteiger partial charge in [-0.25, -0.2) is 0 Å². The monoisotopic (exact) mass is 325 g/mol. The van der Waals surface area contributed by atoms with Gasteiger partial charge in [-0.05, 0) is 12.8 Å². The third-order valence-electron chi connectivity index (χ3n) is 1.31. The molecule has 2 rings (SSSR count). The molecule has 2 aliphatic carbocycles. The molecule has 0 bridgehead atoms. The Kier molecular flexibility index (Phi) is 7.44. The quantitative estimate of drug-likeness (QED) is 0.643. The molecular formula is C10H12Ir. The second kappa shape index (κ2) is 7.71. The van der Waals surface area contributed by atoms with Gasteiger partial charge in [0.25, 0.3) is 0 Å². The molecule has 1 radical (unpaired) electrons. The fraction of sp³-hybridized carbons (Fsp3) is 0.200. The van der Waals surface area contributed by atoms with Gasteiger partial charge in [0.2, 0.25) is 0 Å². The molecule has 0 saturated heterocycles. The molecule has 0 aromatic rings. The van der Waals surface area contributed by atoms with Gasteiger partial charge in [0.15, 0.2) is 0 Å². The Labute approximate surface area is 81.7 Å². The molecule has 0 fully saturated rings. The molecule has 0 aromatic carbocycles. The van der Waals surface area contributed by atoms with Gasteiger partial charge in [-0.3, -0.25) is 0 Å². The smallest absolute Gasteiger partial charge is 0 e. The van der Waals surface area contributed by atoms with Crippen LogP contribution in [0.1, 0.15) is 12.8 Å². The molecule has 0 saturated carbocycles. The van der Waals surface area contributed by atoms with Crippen LogP contribution in [0, 0.1) is 0 Å². The van der Waals surface area contributed by atoms with Crippen LogP contribution in [0.2, 0.25) is 0 Å². The third-order valence-corrected chi connectivity index (χ3v) is 1.31. The van der Waals surface area contributed by atoms with Crippen LogP contribution < -0.4 is 0 Å². The van der Waals surface area contributed by atoms with Crippen LogP contribution in [0.25, 0.3) is 0 Å². The fourth-order valence-electron chi connectivity index (χ4n) is 0.786. The second-order valence-corrected chi connectivity index (χ2v) is 2.18. The second-order valence-electron chi connectivity index (χ2n) is 2.18. The van der Waals surface area contributed by atoms with Crippen molar-refractivity contribution >= 4 is 0 Å².